The summed E-state index contributed by atoms with van der Waals surface area (Å²) in [6.45, 7) is 1.91. The molecule has 2 heterocycles. The van der Waals surface area contributed by atoms with Gasteiger partial charge in [-0.2, -0.15) is 0 Å². The van der Waals surface area contributed by atoms with E-state index in [-0.39, 0.29) is 12.2 Å². The Morgan fingerprint density at radius 3 is 3.00 bits per heavy atom. The van der Waals surface area contributed by atoms with Gasteiger partial charge in [0.05, 0.1) is 7.11 Å². The first-order chi connectivity index (χ1) is 11.2. The van der Waals surface area contributed by atoms with Gasteiger partial charge in [0.1, 0.15) is 11.3 Å². The maximum absolute atomic E-state index is 11.9. The summed E-state index contributed by atoms with van der Waals surface area (Å²) in [7, 11) is 1.59. The van der Waals surface area contributed by atoms with Crippen molar-refractivity contribution in [3.05, 3.63) is 40.2 Å². The summed E-state index contributed by atoms with van der Waals surface area (Å²) in [6, 6.07) is 7.54. The molecule has 1 N–H and O–H groups in total. The minimum Gasteiger partial charge on any atom is -0.497 e. The molecule has 1 unspecified atom stereocenters. The smallest absolute Gasteiger partial charge is 0.336 e. The zero-order chi connectivity index (χ0) is 16.2. The van der Waals surface area contributed by atoms with E-state index in [2.05, 4.69) is 4.90 Å². The highest BCUT2D eigenvalue weighted by molar-refractivity contribution is 5.81. The SMILES string of the molecule is COc1ccc2c(CN3CCCCC3CCO)cc(=O)oc2c1. The van der Waals surface area contributed by atoms with Gasteiger partial charge in [-0.15, -0.1) is 0 Å². The van der Waals surface area contributed by atoms with Gasteiger partial charge in [0.2, 0.25) is 0 Å². The third kappa shape index (κ3) is 3.57. The molecular weight excluding hydrogens is 294 g/mol. The van der Waals surface area contributed by atoms with E-state index < -0.39 is 0 Å². The van der Waals surface area contributed by atoms with Gasteiger partial charge in [0.15, 0.2) is 0 Å². The number of benzene rings is 1. The van der Waals surface area contributed by atoms with Crippen molar-refractivity contribution in [2.24, 2.45) is 0 Å². The van der Waals surface area contributed by atoms with Crippen molar-refractivity contribution in [3.63, 3.8) is 0 Å². The topological polar surface area (TPSA) is 62.9 Å². The maximum atomic E-state index is 11.9. The fourth-order valence-corrected chi connectivity index (χ4v) is 3.43. The number of methoxy groups -OCH3 is 1. The second kappa shape index (κ2) is 7.15. The van der Waals surface area contributed by atoms with Gasteiger partial charge in [-0.3, -0.25) is 4.90 Å². The fourth-order valence-electron chi connectivity index (χ4n) is 3.43. The molecule has 5 heteroatoms. The third-order valence-corrected chi connectivity index (χ3v) is 4.62. The van der Waals surface area contributed by atoms with Crippen LogP contribution in [0.4, 0.5) is 0 Å². The van der Waals surface area contributed by atoms with Crippen molar-refractivity contribution in [1.82, 2.24) is 4.90 Å². The minimum atomic E-state index is -0.337. The Morgan fingerprint density at radius 2 is 2.22 bits per heavy atom. The van der Waals surface area contributed by atoms with Gasteiger partial charge in [-0.05, 0) is 43.5 Å². The van der Waals surface area contributed by atoms with Crippen LogP contribution in [0, 0.1) is 0 Å². The molecule has 0 bridgehead atoms. The predicted octanol–water partition coefficient (Wildman–Crippen LogP) is 2.54. The van der Waals surface area contributed by atoms with Crippen LogP contribution in [0.5, 0.6) is 5.75 Å². The summed E-state index contributed by atoms with van der Waals surface area (Å²) < 4.78 is 10.5. The first kappa shape index (κ1) is 16.0. The number of hydrogen-bond donors (Lipinski definition) is 1. The highest BCUT2D eigenvalue weighted by atomic mass is 16.5. The molecule has 5 nitrogen and oxygen atoms in total. The lowest BCUT2D eigenvalue weighted by atomic mass is 9.98. The van der Waals surface area contributed by atoms with Crippen LogP contribution in [0.25, 0.3) is 11.0 Å². The Labute approximate surface area is 135 Å². The summed E-state index contributed by atoms with van der Waals surface area (Å²) in [5.41, 5.74) is 1.20. The molecule has 0 saturated carbocycles. The van der Waals surface area contributed by atoms with Gasteiger partial charge in [0, 0.05) is 36.7 Å². The number of aliphatic hydroxyl groups excluding tert-OH is 1. The molecule has 0 aliphatic carbocycles. The van der Waals surface area contributed by atoms with Crippen molar-refractivity contribution >= 4 is 11.0 Å². The average molecular weight is 317 g/mol. The predicted molar refractivity (Wildman–Crippen MR) is 88.8 cm³/mol. The number of fused-ring (bicyclic) bond motifs is 1. The molecule has 1 fully saturated rings. The van der Waals surface area contributed by atoms with E-state index in [1.807, 2.05) is 12.1 Å². The van der Waals surface area contributed by atoms with E-state index in [1.165, 1.54) is 6.42 Å². The Bertz CT molecular complexity index is 723. The number of ether oxygens (including phenoxy) is 1. The minimum absolute atomic E-state index is 0.204. The quantitative estimate of drug-likeness (QED) is 0.859. The van der Waals surface area contributed by atoms with Crippen LogP contribution in [-0.4, -0.2) is 36.3 Å². The van der Waals surface area contributed by atoms with Gasteiger partial charge in [-0.25, -0.2) is 4.79 Å². The molecule has 1 aliphatic rings. The van der Waals surface area contributed by atoms with E-state index in [0.29, 0.717) is 23.9 Å². The molecule has 2 aromatic rings. The zero-order valence-corrected chi connectivity index (χ0v) is 13.5. The van der Waals surface area contributed by atoms with E-state index in [9.17, 15) is 9.90 Å². The van der Waals surface area contributed by atoms with Crippen LogP contribution in [0.1, 0.15) is 31.2 Å². The monoisotopic (exact) mass is 317 g/mol. The normalized spacial score (nSPS) is 19.1. The number of aliphatic hydroxyl groups is 1. The van der Waals surface area contributed by atoms with Gasteiger partial charge in [-0.1, -0.05) is 6.42 Å². The Morgan fingerprint density at radius 1 is 1.35 bits per heavy atom. The summed E-state index contributed by atoms with van der Waals surface area (Å²) in [5.74, 6) is 0.675. The van der Waals surface area contributed by atoms with Crippen LogP contribution in [0.15, 0.2) is 33.5 Å². The number of likely N-dealkylation sites (tertiary alicyclic amines) is 1. The van der Waals surface area contributed by atoms with Gasteiger partial charge < -0.3 is 14.3 Å². The molecule has 0 spiro atoms. The number of hydrogen-bond acceptors (Lipinski definition) is 5. The lowest BCUT2D eigenvalue weighted by Crippen LogP contribution is -2.39. The van der Waals surface area contributed by atoms with Crippen molar-refractivity contribution < 1.29 is 14.3 Å². The summed E-state index contributed by atoms with van der Waals surface area (Å²) in [6.07, 6.45) is 4.26. The van der Waals surface area contributed by atoms with E-state index in [4.69, 9.17) is 9.15 Å². The van der Waals surface area contributed by atoms with Crippen LogP contribution < -0.4 is 10.4 Å². The molecule has 1 atom stereocenters. The molecule has 1 aliphatic heterocycles. The van der Waals surface area contributed by atoms with Crippen LogP contribution >= 0.6 is 0 Å². The lowest BCUT2D eigenvalue weighted by Gasteiger charge is -2.35. The van der Waals surface area contributed by atoms with Crippen molar-refractivity contribution in [3.8, 4) is 5.75 Å². The highest BCUT2D eigenvalue weighted by Gasteiger charge is 2.23. The summed E-state index contributed by atoms with van der Waals surface area (Å²) >= 11 is 0. The summed E-state index contributed by atoms with van der Waals surface area (Å²) in [4.78, 5) is 14.3. The zero-order valence-electron chi connectivity index (χ0n) is 13.5. The van der Waals surface area contributed by atoms with Crippen molar-refractivity contribution in [1.29, 1.82) is 0 Å². The van der Waals surface area contributed by atoms with E-state index >= 15 is 0 Å². The molecule has 23 heavy (non-hydrogen) atoms. The van der Waals surface area contributed by atoms with Crippen molar-refractivity contribution in [2.45, 2.75) is 38.3 Å². The molecule has 0 radical (unpaired) electrons. The largest absolute Gasteiger partial charge is 0.497 e. The standard InChI is InChI=1S/C18H23NO4/c1-22-15-5-6-16-13(10-18(21)23-17(16)11-15)12-19-8-3-2-4-14(19)7-9-20/h5-6,10-11,14,20H,2-4,7-9,12H2,1H3. The Balaban J connectivity index is 1.93. The molecule has 124 valence electrons. The third-order valence-electron chi connectivity index (χ3n) is 4.62. The fraction of sp³-hybridized carbons (Fsp3) is 0.500. The molecule has 1 saturated heterocycles. The van der Waals surface area contributed by atoms with Crippen molar-refractivity contribution in [2.75, 3.05) is 20.3 Å². The van der Waals surface area contributed by atoms with Crippen LogP contribution in [0.2, 0.25) is 0 Å². The van der Waals surface area contributed by atoms with E-state index in [0.717, 1.165) is 36.8 Å². The Kier molecular flexibility index (Phi) is 4.98. The second-order valence-corrected chi connectivity index (χ2v) is 6.09. The van der Waals surface area contributed by atoms with E-state index in [1.54, 1.807) is 19.2 Å². The lowest BCUT2D eigenvalue weighted by molar-refractivity contribution is 0.113. The average Bonchev–Trinajstić information content (AvgIpc) is 2.56. The summed E-state index contributed by atoms with van der Waals surface area (Å²) in [5, 5.41) is 10.2. The molecule has 1 aromatic heterocycles. The van der Waals surface area contributed by atoms with Gasteiger partial charge in [0.25, 0.3) is 0 Å². The van der Waals surface area contributed by atoms with Crippen LogP contribution in [0.3, 0.4) is 0 Å². The molecule has 1 aromatic carbocycles. The van der Waals surface area contributed by atoms with Gasteiger partial charge >= 0.3 is 5.63 Å². The number of nitrogens with zero attached hydrogens (tertiary/aromatic N) is 1. The number of piperidine rings is 1. The number of rotatable bonds is 5. The highest BCUT2D eigenvalue weighted by Crippen LogP contribution is 2.26. The first-order valence-corrected chi connectivity index (χ1v) is 8.17. The molecular formula is C18H23NO4. The second-order valence-electron chi connectivity index (χ2n) is 6.09. The Hall–Kier alpha value is -1.85. The maximum Gasteiger partial charge on any atom is 0.336 e. The van der Waals surface area contributed by atoms with Crippen LogP contribution in [-0.2, 0) is 6.54 Å². The first-order valence-electron chi connectivity index (χ1n) is 8.17. The molecule has 3 rings (SSSR count). The molecule has 0 amide bonds.